The van der Waals surface area contributed by atoms with Crippen molar-refractivity contribution in [2.75, 3.05) is 10.2 Å². The number of hydrogen-bond acceptors (Lipinski definition) is 4. The first kappa shape index (κ1) is 10.6. The number of benzene rings is 1. The average molecular weight is 270 g/mol. The lowest BCUT2D eigenvalue weighted by Gasteiger charge is -2.29. The normalized spacial score (nSPS) is 23.9. The van der Waals surface area contributed by atoms with E-state index in [0.29, 0.717) is 0 Å². The number of fused-ring (bicyclic) bond motifs is 3. The zero-order valence-corrected chi connectivity index (χ0v) is 10.6. The second-order valence-electron chi connectivity index (χ2n) is 4.56. The molecule has 0 spiro atoms. The van der Waals surface area contributed by atoms with Crippen molar-refractivity contribution < 1.29 is 9.90 Å². The third kappa shape index (κ3) is 1.20. The fraction of sp³-hybridized carbons (Fsp3) is 0.0714. The summed E-state index contributed by atoms with van der Waals surface area (Å²) in [5, 5.41) is 15.1. The quantitative estimate of drug-likeness (QED) is 0.837. The summed E-state index contributed by atoms with van der Waals surface area (Å²) >= 11 is 1.55. The number of carbonyl (C=O) groups excluding carboxylic acids is 1. The van der Waals surface area contributed by atoms with Crippen LogP contribution in [0.1, 0.15) is 4.88 Å². The van der Waals surface area contributed by atoms with E-state index < -0.39 is 5.66 Å². The van der Waals surface area contributed by atoms with Gasteiger partial charge in [0.15, 0.2) is 11.4 Å². The van der Waals surface area contributed by atoms with Crippen molar-refractivity contribution in [3.05, 3.63) is 58.5 Å². The fourth-order valence-electron chi connectivity index (χ4n) is 2.71. The molecule has 1 aromatic heterocycles. The second-order valence-corrected chi connectivity index (χ2v) is 5.50. The zero-order chi connectivity index (χ0) is 13.0. The van der Waals surface area contributed by atoms with Gasteiger partial charge in [-0.05, 0) is 23.6 Å². The summed E-state index contributed by atoms with van der Waals surface area (Å²) in [6.07, 6.45) is 1.58. The van der Waals surface area contributed by atoms with Crippen LogP contribution in [0, 0.1) is 0 Å². The summed E-state index contributed by atoms with van der Waals surface area (Å²) in [6.45, 7) is 0. The smallest absolute Gasteiger partial charge is 0.295 e. The van der Waals surface area contributed by atoms with Crippen LogP contribution in [0.25, 0.3) is 0 Å². The number of thiophene rings is 1. The van der Waals surface area contributed by atoms with E-state index in [4.69, 9.17) is 0 Å². The van der Waals surface area contributed by atoms with Crippen molar-refractivity contribution in [3.63, 3.8) is 0 Å². The monoisotopic (exact) mass is 270 g/mol. The van der Waals surface area contributed by atoms with Crippen molar-refractivity contribution in [1.29, 1.82) is 0 Å². The highest BCUT2D eigenvalue weighted by Crippen LogP contribution is 2.50. The predicted octanol–water partition coefficient (Wildman–Crippen LogP) is 2.82. The lowest BCUT2D eigenvalue weighted by atomic mass is 10.1. The number of nitrogens with zero attached hydrogens (tertiary/aromatic N) is 1. The first-order valence-corrected chi connectivity index (χ1v) is 6.78. The van der Waals surface area contributed by atoms with E-state index in [2.05, 4.69) is 5.32 Å². The van der Waals surface area contributed by atoms with Crippen LogP contribution in [0.2, 0.25) is 0 Å². The van der Waals surface area contributed by atoms with Gasteiger partial charge in [-0.2, -0.15) is 0 Å². The van der Waals surface area contributed by atoms with Gasteiger partial charge < -0.3 is 10.4 Å². The van der Waals surface area contributed by atoms with Gasteiger partial charge >= 0.3 is 0 Å². The molecule has 0 bridgehead atoms. The summed E-state index contributed by atoms with van der Waals surface area (Å²) in [4.78, 5) is 14.8. The number of hydrogen-bond donors (Lipinski definition) is 2. The third-order valence-electron chi connectivity index (χ3n) is 3.49. The molecule has 2 aliphatic rings. The van der Waals surface area contributed by atoms with Gasteiger partial charge in [0.05, 0.1) is 16.3 Å². The Morgan fingerprint density at radius 1 is 1.21 bits per heavy atom. The maximum Gasteiger partial charge on any atom is 0.295 e. The minimum absolute atomic E-state index is 0.213. The van der Waals surface area contributed by atoms with Crippen LogP contribution in [0.4, 0.5) is 11.4 Å². The minimum atomic E-state index is -0.779. The van der Waals surface area contributed by atoms with Crippen LogP contribution in [-0.4, -0.2) is 11.0 Å². The van der Waals surface area contributed by atoms with Gasteiger partial charge in [-0.3, -0.25) is 9.69 Å². The first-order valence-electron chi connectivity index (χ1n) is 5.90. The SMILES string of the molecule is O=C1C(O)=C[C@@]2(c3cccs3)Nc3ccccc3N12. The second kappa shape index (κ2) is 3.39. The molecule has 0 saturated carbocycles. The topological polar surface area (TPSA) is 52.6 Å². The van der Waals surface area contributed by atoms with E-state index in [0.717, 1.165) is 16.3 Å². The third-order valence-corrected chi connectivity index (χ3v) is 4.48. The Labute approximate surface area is 113 Å². The number of carbonyl (C=O) groups is 1. The Hall–Kier alpha value is -2.27. The number of amides is 1. The van der Waals surface area contributed by atoms with Gasteiger partial charge in [0.2, 0.25) is 0 Å². The molecule has 3 heterocycles. The Balaban J connectivity index is 1.98. The molecule has 0 unspecified atom stereocenters. The molecule has 94 valence electrons. The molecule has 1 amide bonds. The maximum atomic E-state index is 12.2. The molecule has 2 aliphatic heterocycles. The molecule has 5 heteroatoms. The molecular weight excluding hydrogens is 260 g/mol. The van der Waals surface area contributed by atoms with Gasteiger partial charge in [0.25, 0.3) is 5.91 Å². The molecule has 0 fully saturated rings. The highest BCUT2D eigenvalue weighted by Gasteiger charge is 2.53. The first-order chi connectivity index (χ1) is 9.22. The van der Waals surface area contributed by atoms with Gasteiger partial charge in [0.1, 0.15) is 0 Å². The van der Waals surface area contributed by atoms with Crippen LogP contribution in [0.3, 0.4) is 0 Å². The largest absolute Gasteiger partial charge is 0.503 e. The van der Waals surface area contributed by atoms with Gasteiger partial charge in [-0.1, -0.05) is 18.2 Å². The van der Waals surface area contributed by atoms with E-state index in [-0.39, 0.29) is 11.7 Å². The Morgan fingerprint density at radius 2 is 2.05 bits per heavy atom. The minimum Gasteiger partial charge on any atom is -0.503 e. The van der Waals surface area contributed by atoms with E-state index in [1.807, 2.05) is 41.8 Å². The van der Waals surface area contributed by atoms with E-state index in [9.17, 15) is 9.90 Å². The van der Waals surface area contributed by atoms with Crippen molar-refractivity contribution in [3.8, 4) is 0 Å². The number of para-hydroxylation sites is 2. The zero-order valence-electron chi connectivity index (χ0n) is 9.83. The number of aliphatic hydroxyl groups excluding tert-OH is 1. The van der Waals surface area contributed by atoms with Crippen molar-refractivity contribution >= 4 is 28.6 Å². The lowest BCUT2D eigenvalue weighted by Crippen LogP contribution is -2.44. The van der Waals surface area contributed by atoms with Crippen molar-refractivity contribution in [2.45, 2.75) is 5.66 Å². The van der Waals surface area contributed by atoms with Gasteiger partial charge in [-0.25, -0.2) is 0 Å². The molecule has 0 aliphatic carbocycles. The molecule has 1 atom stereocenters. The number of nitrogens with one attached hydrogen (secondary N) is 1. The predicted molar refractivity (Wildman–Crippen MR) is 74.3 cm³/mol. The molecule has 2 N–H and O–H groups in total. The maximum absolute atomic E-state index is 12.2. The average Bonchev–Trinajstić information content (AvgIpc) is 3.07. The van der Waals surface area contributed by atoms with E-state index >= 15 is 0 Å². The lowest BCUT2D eigenvalue weighted by molar-refractivity contribution is -0.117. The van der Waals surface area contributed by atoms with Crippen LogP contribution in [0.5, 0.6) is 0 Å². The molecule has 4 rings (SSSR count). The molecule has 19 heavy (non-hydrogen) atoms. The molecule has 0 radical (unpaired) electrons. The Bertz CT molecular complexity index is 708. The summed E-state index contributed by atoms with van der Waals surface area (Å²) in [5.74, 6) is -0.582. The fourth-order valence-corrected chi connectivity index (χ4v) is 3.55. The number of aliphatic hydroxyl groups is 1. The summed E-state index contributed by atoms with van der Waals surface area (Å²) in [7, 11) is 0. The number of anilines is 2. The van der Waals surface area contributed by atoms with Gasteiger partial charge in [0, 0.05) is 6.08 Å². The number of rotatable bonds is 1. The van der Waals surface area contributed by atoms with Crippen LogP contribution >= 0.6 is 11.3 Å². The summed E-state index contributed by atoms with van der Waals surface area (Å²) < 4.78 is 0. The van der Waals surface area contributed by atoms with Crippen molar-refractivity contribution in [1.82, 2.24) is 0 Å². The van der Waals surface area contributed by atoms with E-state index in [1.54, 1.807) is 22.3 Å². The molecule has 4 nitrogen and oxygen atoms in total. The highest BCUT2D eigenvalue weighted by atomic mass is 32.1. The standard InChI is InChI=1S/C14H10N2O2S/c17-11-8-14(12-6-3-7-19-12)15-9-4-1-2-5-10(9)16(14)13(11)18/h1-8,15,17H/t14-/m1/s1. The van der Waals surface area contributed by atoms with Crippen molar-refractivity contribution in [2.24, 2.45) is 0 Å². The summed E-state index contributed by atoms with van der Waals surface area (Å²) in [5.41, 5.74) is 0.910. The molecule has 2 aromatic rings. The van der Waals surface area contributed by atoms with E-state index in [1.165, 1.54) is 0 Å². The van der Waals surface area contributed by atoms with Crippen LogP contribution in [-0.2, 0) is 10.5 Å². The van der Waals surface area contributed by atoms with Crippen LogP contribution < -0.4 is 10.2 Å². The summed E-state index contributed by atoms with van der Waals surface area (Å²) in [6, 6.07) is 11.5. The van der Waals surface area contributed by atoms with Crippen LogP contribution in [0.15, 0.2) is 53.6 Å². The molecule has 1 aromatic carbocycles. The molecular formula is C14H10N2O2S. The Morgan fingerprint density at radius 3 is 2.84 bits per heavy atom. The highest BCUT2D eigenvalue weighted by molar-refractivity contribution is 7.10. The molecule has 0 saturated heterocycles. The Kier molecular flexibility index (Phi) is 1.90. The van der Waals surface area contributed by atoms with Gasteiger partial charge in [-0.15, -0.1) is 11.3 Å².